The lowest BCUT2D eigenvalue weighted by Crippen LogP contribution is -2.15. The first-order valence-corrected chi connectivity index (χ1v) is 18.1. The highest BCUT2D eigenvalue weighted by Crippen LogP contribution is 2.43. The number of nitrogens with zero attached hydrogens (tertiary/aromatic N) is 6. The highest BCUT2D eigenvalue weighted by molar-refractivity contribution is 5.87. The number of hydrogen-bond acceptors (Lipinski definition) is 6. The molecule has 0 amide bonds. The van der Waals surface area contributed by atoms with Crippen molar-refractivity contribution >= 4 is 51.6 Å². The topological polar surface area (TPSA) is 48.4 Å². The van der Waals surface area contributed by atoms with Crippen molar-refractivity contribution in [1.82, 2.24) is 15.0 Å². The van der Waals surface area contributed by atoms with Crippen LogP contribution in [0.3, 0.4) is 0 Å². The predicted molar refractivity (Wildman–Crippen MR) is 224 cm³/mol. The van der Waals surface area contributed by atoms with Crippen molar-refractivity contribution < 1.29 is 0 Å². The van der Waals surface area contributed by atoms with Gasteiger partial charge in [-0.15, -0.1) is 0 Å². The maximum absolute atomic E-state index is 4.84. The highest BCUT2D eigenvalue weighted by atomic mass is 15.2. The number of aryl methyl sites for hydroxylation is 3. The molecule has 54 heavy (non-hydrogen) atoms. The monoisotopic (exact) mass is 700 g/mol. The Kier molecular flexibility index (Phi) is 9.64. The lowest BCUT2D eigenvalue weighted by atomic mass is 10.0. The molecule has 3 aromatic heterocycles. The zero-order chi connectivity index (χ0) is 36.9. The standard InChI is InChI=1S/C48H40N6/c1-35-13-21-40(22-14-35)52(46-10-4-7-29-49-46)43-27-19-38(20-28-43)39-32-44(53(47-11-5-8-30-50-47)41-23-15-36(2)16-24-41)34-45(33-39)54(48-12-6-9-31-51-48)42-25-17-37(3)18-26-42/h4-34H,1-3H3. The van der Waals surface area contributed by atoms with Crippen LogP contribution >= 0.6 is 0 Å². The van der Waals surface area contributed by atoms with Crippen LogP contribution in [-0.4, -0.2) is 15.0 Å². The van der Waals surface area contributed by atoms with E-state index in [2.05, 4.69) is 163 Å². The van der Waals surface area contributed by atoms with E-state index in [4.69, 9.17) is 15.0 Å². The van der Waals surface area contributed by atoms with Gasteiger partial charge in [0.15, 0.2) is 0 Å². The number of hydrogen-bond donors (Lipinski definition) is 0. The summed E-state index contributed by atoms with van der Waals surface area (Å²) in [6.45, 7) is 6.32. The van der Waals surface area contributed by atoms with E-state index in [0.29, 0.717) is 0 Å². The van der Waals surface area contributed by atoms with Gasteiger partial charge in [-0.2, -0.15) is 0 Å². The summed E-state index contributed by atoms with van der Waals surface area (Å²) < 4.78 is 0. The lowest BCUT2D eigenvalue weighted by Gasteiger charge is -2.29. The number of rotatable bonds is 10. The molecule has 0 aliphatic rings. The third kappa shape index (κ3) is 7.31. The first-order chi connectivity index (χ1) is 26.5. The van der Waals surface area contributed by atoms with Crippen molar-refractivity contribution in [3.05, 3.63) is 205 Å². The summed E-state index contributed by atoms with van der Waals surface area (Å²) in [6.07, 6.45) is 5.52. The fourth-order valence-electron chi connectivity index (χ4n) is 6.60. The van der Waals surface area contributed by atoms with E-state index in [9.17, 15) is 0 Å². The van der Waals surface area contributed by atoms with Gasteiger partial charge >= 0.3 is 0 Å². The molecule has 0 aliphatic heterocycles. The van der Waals surface area contributed by atoms with Gasteiger partial charge < -0.3 is 0 Å². The van der Waals surface area contributed by atoms with Crippen LogP contribution in [0.25, 0.3) is 11.1 Å². The maximum atomic E-state index is 4.84. The Hall–Kier alpha value is -7.05. The lowest BCUT2D eigenvalue weighted by molar-refractivity contribution is 1.16. The molecule has 0 unspecified atom stereocenters. The second-order valence-corrected chi connectivity index (χ2v) is 13.4. The molecule has 8 aromatic rings. The summed E-state index contributed by atoms with van der Waals surface area (Å²) in [5.74, 6) is 2.50. The van der Waals surface area contributed by atoms with E-state index >= 15 is 0 Å². The normalized spacial score (nSPS) is 10.9. The third-order valence-electron chi connectivity index (χ3n) is 9.39. The molecule has 0 spiro atoms. The quantitative estimate of drug-likeness (QED) is 0.142. The Labute approximate surface area is 317 Å². The van der Waals surface area contributed by atoms with Crippen molar-refractivity contribution in [2.75, 3.05) is 14.7 Å². The van der Waals surface area contributed by atoms with E-state index in [1.165, 1.54) is 16.7 Å². The van der Waals surface area contributed by atoms with Gasteiger partial charge in [0.1, 0.15) is 17.5 Å². The average Bonchev–Trinajstić information content (AvgIpc) is 3.22. The van der Waals surface area contributed by atoms with E-state index in [-0.39, 0.29) is 0 Å². The first kappa shape index (κ1) is 34.1. The van der Waals surface area contributed by atoms with Gasteiger partial charge in [-0.3, -0.25) is 14.7 Å². The molecule has 0 aliphatic carbocycles. The molecular formula is C48H40N6. The van der Waals surface area contributed by atoms with E-state index < -0.39 is 0 Å². The third-order valence-corrected chi connectivity index (χ3v) is 9.39. The summed E-state index contributed by atoms with van der Waals surface area (Å²) in [4.78, 5) is 21.0. The molecule has 0 bridgehead atoms. The molecule has 3 heterocycles. The van der Waals surface area contributed by atoms with Gasteiger partial charge in [-0.1, -0.05) is 83.4 Å². The van der Waals surface area contributed by atoms with Gasteiger partial charge in [0.25, 0.3) is 0 Å². The fraction of sp³-hybridized carbons (Fsp3) is 0.0625. The molecule has 0 saturated carbocycles. The first-order valence-electron chi connectivity index (χ1n) is 18.1. The van der Waals surface area contributed by atoms with E-state index in [0.717, 1.165) is 62.7 Å². The van der Waals surface area contributed by atoms with E-state index in [1.807, 2.05) is 61.1 Å². The highest BCUT2D eigenvalue weighted by Gasteiger charge is 2.21. The van der Waals surface area contributed by atoms with Crippen LogP contribution in [0.2, 0.25) is 0 Å². The van der Waals surface area contributed by atoms with Crippen LogP contribution in [0, 0.1) is 20.8 Å². The number of pyridine rings is 3. The van der Waals surface area contributed by atoms with Gasteiger partial charge in [-0.05, 0) is 135 Å². The second kappa shape index (κ2) is 15.3. The number of aromatic nitrogens is 3. The van der Waals surface area contributed by atoms with Crippen molar-refractivity contribution in [3.8, 4) is 11.1 Å². The van der Waals surface area contributed by atoms with Gasteiger partial charge in [0, 0.05) is 41.3 Å². The molecule has 0 atom stereocenters. The minimum atomic E-state index is 0.823. The minimum Gasteiger partial charge on any atom is -0.295 e. The Morgan fingerprint density at radius 2 is 0.611 bits per heavy atom. The van der Waals surface area contributed by atoms with Crippen molar-refractivity contribution in [2.45, 2.75) is 20.8 Å². The van der Waals surface area contributed by atoms with Crippen LogP contribution in [0.5, 0.6) is 0 Å². The Bertz CT molecular complexity index is 2330. The van der Waals surface area contributed by atoms with Crippen molar-refractivity contribution in [3.63, 3.8) is 0 Å². The summed E-state index contributed by atoms with van der Waals surface area (Å²) in [5.41, 5.74) is 11.8. The predicted octanol–water partition coefficient (Wildman–Crippen LogP) is 12.9. The fourth-order valence-corrected chi connectivity index (χ4v) is 6.60. The smallest absolute Gasteiger partial charge is 0.137 e. The Morgan fingerprint density at radius 1 is 0.296 bits per heavy atom. The number of anilines is 9. The summed E-state index contributed by atoms with van der Waals surface area (Å²) in [5, 5.41) is 0. The molecule has 0 saturated heterocycles. The zero-order valence-electron chi connectivity index (χ0n) is 30.6. The van der Waals surface area contributed by atoms with Gasteiger partial charge in [-0.25, -0.2) is 15.0 Å². The maximum Gasteiger partial charge on any atom is 0.137 e. The summed E-state index contributed by atoms with van der Waals surface area (Å²) in [7, 11) is 0. The largest absolute Gasteiger partial charge is 0.295 e. The molecule has 262 valence electrons. The molecule has 6 nitrogen and oxygen atoms in total. The average molecular weight is 701 g/mol. The van der Waals surface area contributed by atoms with Crippen LogP contribution in [0.4, 0.5) is 51.6 Å². The summed E-state index contributed by atoms with van der Waals surface area (Å²) in [6, 6.07) is 59.2. The Morgan fingerprint density at radius 3 is 0.926 bits per heavy atom. The van der Waals surface area contributed by atoms with Crippen molar-refractivity contribution in [2.24, 2.45) is 0 Å². The number of benzene rings is 5. The van der Waals surface area contributed by atoms with Crippen LogP contribution in [-0.2, 0) is 0 Å². The molecule has 0 radical (unpaired) electrons. The zero-order valence-corrected chi connectivity index (χ0v) is 30.6. The van der Waals surface area contributed by atoms with Gasteiger partial charge in [0.2, 0.25) is 0 Å². The van der Waals surface area contributed by atoms with Crippen LogP contribution in [0.1, 0.15) is 16.7 Å². The van der Waals surface area contributed by atoms with Gasteiger partial charge in [0.05, 0.1) is 11.4 Å². The molecule has 6 heteroatoms. The molecule has 0 fully saturated rings. The SMILES string of the molecule is Cc1ccc(N(c2ccc(-c3cc(N(c4ccc(C)cc4)c4ccccn4)cc(N(c4ccc(C)cc4)c4ccccn4)c3)cc2)c2ccccn2)cc1. The van der Waals surface area contributed by atoms with E-state index in [1.54, 1.807) is 0 Å². The van der Waals surface area contributed by atoms with Crippen molar-refractivity contribution in [1.29, 1.82) is 0 Å². The summed E-state index contributed by atoms with van der Waals surface area (Å²) >= 11 is 0. The second-order valence-electron chi connectivity index (χ2n) is 13.4. The molecule has 0 N–H and O–H groups in total. The minimum absolute atomic E-state index is 0.823. The molecule has 8 rings (SSSR count). The molecular weight excluding hydrogens is 661 g/mol. The van der Waals surface area contributed by atoms with Crippen LogP contribution < -0.4 is 14.7 Å². The molecule has 5 aromatic carbocycles. The van der Waals surface area contributed by atoms with Crippen LogP contribution in [0.15, 0.2) is 188 Å². The Balaban J connectivity index is 1.31.